The molecule has 3 N–H and O–H groups in total. The van der Waals surface area contributed by atoms with Crippen LogP contribution in [0.15, 0.2) is 65.1 Å². The maximum Gasteiger partial charge on any atom is 0.267 e. The van der Waals surface area contributed by atoms with Gasteiger partial charge in [0.25, 0.3) is 17.4 Å². The second-order valence-corrected chi connectivity index (χ2v) is 5.96. The zero-order valence-corrected chi connectivity index (χ0v) is 15.4. The second-order valence-electron chi connectivity index (χ2n) is 5.96. The number of aromatic amines is 1. The van der Waals surface area contributed by atoms with Gasteiger partial charge in [-0.15, -0.1) is 0 Å². The summed E-state index contributed by atoms with van der Waals surface area (Å²) >= 11 is 0. The molecule has 0 unspecified atom stereocenters. The summed E-state index contributed by atoms with van der Waals surface area (Å²) in [7, 11) is 2.99. The lowest BCUT2D eigenvalue weighted by Gasteiger charge is -2.09. The van der Waals surface area contributed by atoms with Crippen LogP contribution in [0, 0.1) is 0 Å². The first-order valence-electron chi connectivity index (χ1n) is 8.53. The van der Waals surface area contributed by atoms with Crippen molar-refractivity contribution in [2.24, 2.45) is 0 Å². The van der Waals surface area contributed by atoms with E-state index < -0.39 is 17.4 Å². The van der Waals surface area contributed by atoms with Crippen LogP contribution in [0.5, 0.6) is 5.75 Å². The third-order valence-corrected chi connectivity index (χ3v) is 4.14. The minimum Gasteiger partial charge on any atom is -0.497 e. The Morgan fingerprint density at radius 2 is 1.82 bits per heavy atom. The molecule has 0 saturated carbocycles. The van der Waals surface area contributed by atoms with Crippen LogP contribution in [0.3, 0.4) is 0 Å². The lowest BCUT2D eigenvalue weighted by Crippen LogP contribution is -2.33. The number of pyridine rings is 1. The molecule has 0 saturated heterocycles. The van der Waals surface area contributed by atoms with Gasteiger partial charge in [-0.3, -0.25) is 14.4 Å². The van der Waals surface area contributed by atoms with E-state index in [1.807, 2.05) is 0 Å². The van der Waals surface area contributed by atoms with Crippen LogP contribution in [0.25, 0.3) is 17.0 Å². The predicted octanol–water partition coefficient (Wildman–Crippen LogP) is 2.05. The number of ether oxygens (including phenoxy) is 1. The fourth-order valence-electron chi connectivity index (χ4n) is 2.66. The van der Waals surface area contributed by atoms with Gasteiger partial charge in [-0.1, -0.05) is 18.2 Å². The Balaban J connectivity index is 2.00. The highest BCUT2D eigenvalue weighted by Crippen LogP contribution is 2.19. The van der Waals surface area contributed by atoms with Gasteiger partial charge in [-0.25, -0.2) is 0 Å². The van der Waals surface area contributed by atoms with E-state index in [2.05, 4.69) is 15.6 Å². The van der Waals surface area contributed by atoms with Gasteiger partial charge in [-0.05, 0) is 41.8 Å². The smallest absolute Gasteiger partial charge is 0.267 e. The molecule has 142 valence electrons. The number of carbonyl (C=O) groups excluding carboxylic acids is 2. The topological polar surface area (TPSA) is 100 Å². The van der Waals surface area contributed by atoms with Gasteiger partial charge in [0, 0.05) is 24.2 Å². The van der Waals surface area contributed by atoms with E-state index >= 15 is 0 Å². The van der Waals surface area contributed by atoms with E-state index in [0.29, 0.717) is 16.8 Å². The molecule has 0 radical (unpaired) electrons. The Morgan fingerprint density at radius 3 is 2.50 bits per heavy atom. The molecule has 0 aliphatic carbocycles. The summed E-state index contributed by atoms with van der Waals surface area (Å²) in [6.07, 6.45) is 1.35. The van der Waals surface area contributed by atoms with E-state index in [-0.39, 0.29) is 11.3 Å². The van der Waals surface area contributed by atoms with Crippen molar-refractivity contribution in [2.75, 3.05) is 14.2 Å². The van der Waals surface area contributed by atoms with Crippen LogP contribution < -0.4 is 20.9 Å². The maximum absolute atomic E-state index is 12.4. The average Bonchev–Trinajstić information content (AvgIpc) is 2.73. The van der Waals surface area contributed by atoms with Crippen LogP contribution in [0.2, 0.25) is 0 Å². The number of methoxy groups -OCH3 is 1. The minimum atomic E-state index is -0.515. The van der Waals surface area contributed by atoms with Crippen molar-refractivity contribution < 1.29 is 14.3 Å². The van der Waals surface area contributed by atoms with Gasteiger partial charge in [0.15, 0.2) is 0 Å². The molecule has 0 spiro atoms. The van der Waals surface area contributed by atoms with E-state index in [1.54, 1.807) is 61.7 Å². The number of benzene rings is 2. The Morgan fingerprint density at radius 1 is 1.07 bits per heavy atom. The molecule has 28 heavy (non-hydrogen) atoms. The van der Waals surface area contributed by atoms with E-state index in [0.717, 1.165) is 5.39 Å². The summed E-state index contributed by atoms with van der Waals surface area (Å²) < 4.78 is 5.15. The predicted molar refractivity (Wildman–Crippen MR) is 107 cm³/mol. The molecule has 7 heteroatoms. The van der Waals surface area contributed by atoms with Crippen LogP contribution >= 0.6 is 0 Å². The van der Waals surface area contributed by atoms with E-state index in [1.165, 1.54) is 13.1 Å². The fraction of sp³-hybridized carbons (Fsp3) is 0.0952. The zero-order valence-electron chi connectivity index (χ0n) is 15.4. The van der Waals surface area contributed by atoms with Gasteiger partial charge in [0.05, 0.1) is 12.6 Å². The van der Waals surface area contributed by atoms with E-state index in [4.69, 9.17) is 4.74 Å². The first kappa shape index (κ1) is 18.9. The van der Waals surface area contributed by atoms with Gasteiger partial charge in [-0.2, -0.15) is 0 Å². The number of rotatable bonds is 5. The number of amides is 2. The normalized spacial score (nSPS) is 11.1. The number of fused-ring (bicyclic) bond motifs is 1. The largest absolute Gasteiger partial charge is 0.497 e. The number of H-pyrrole nitrogens is 1. The van der Waals surface area contributed by atoms with Crippen LogP contribution in [-0.2, 0) is 4.79 Å². The monoisotopic (exact) mass is 377 g/mol. The summed E-state index contributed by atoms with van der Waals surface area (Å²) in [5.41, 5.74) is 0.823. The van der Waals surface area contributed by atoms with Crippen molar-refractivity contribution in [3.63, 3.8) is 0 Å². The third-order valence-electron chi connectivity index (χ3n) is 4.14. The van der Waals surface area contributed by atoms with Crippen LogP contribution in [0.4, 0.5) is 0 Å². The quantitative estimate of drug-likeness (QED) is 0.593. The van der Waals surface area contributed by atoms with Gasteiger partial charge >= 0.3 is 0 Å². The molecule has 3 rings (SSSR count). The Bertz CT molecular complexity index is 1120. The molecule has 0 aliphatic rings. The highest BCUT2D eigenvalue weighted by Gasteiger charge is 2.14. The highest BCUT2D eigenvalue weighted by atomic mass is 16.5. The van der Waals surface area contributed by atoms with Crippen molar-refractivity contribution in [1.82, 2.24) is 15.6 Å². The maximum atomic E-state index is 12.4. The first-order chi connectivity index (χ1) is 13.5. The number of carbonyl (C=O) groups is 2. The van der Waals surface area contributed by atoms with Crippen molar-refractivity contribution in [2.45, 2.75) is 0 Å². The molecule has 0 atom stereocenters. The molecular formula is C21H19N3O4. The summed E-state index contributed by atoms with van der Waals surface area (Å²) in [4.78, 5) is 39.8. The molecule has 0 bridgehead atoms. The molecule has 0 aliphatic heterocycles. The van der Waals surface area contributed by atoms with Crippen LogP contribution in [-0.4, -0.2) is 31.0 Å². The number of hydrogen-bond donors (Lipinski definition) is 3. The number of aromatic nitrogens is 1. The Hall–Kier alpha value is -3.87. The molecular weight excluding hydrogens is 358 g/mol. The Labute approximate surface area is 161 Å². The molecule has 1 aromatic heterocycles. The summed E-state index contributed by atoms with van der Waals surface area (Å²) in [5, 5.41) is 5.79. The van der Waals surface area contributed by atoms with Crippen molar-refractivity contribution >= 4 is 28.8 Å². The Kier molecular flexibility index (Phi) is 5.55. The average molecular weight is 377 g/mol. The molecule has 3 aromatic rings. The molecule has 7 nitrogen and oxygen atoms in total. The SMILES string of the molecule is CNC(=O)C(=Cc1cc2ccc(OC)cc2[nH]c1=O)NC(=O)c1ccccc1. The lowest BCUT2D eigenvalue weighted by molar-refractivity contribution is -0.117. The molecule has 2 amide bonds. The van der Waals surface area contributed by atoms with Crippen molar-refractivity contribution in [3.05, 3.63) is 81.8 Å². The number of nitrogens with one attached hydrogen (secondary N) is 3. The highest BCUT2D eigenvalue weighted by molar-refractivity contribution is 6.05. The van der Waals surface area contributed by atoms with Crippen molar-refractivity contribution in [1.29, 1.82) is 0 Å². The van der Waals surface area contributed by atoms with Crippen LogP contribution in [0.1, 0.15) is 15.9 Å². The second kappa shape index (κ2) is 8.22. The first-order valence-corrected chi connectivity index (χ1v) is 8.53. The fourth-order valence-corrected chi connectivity index (χ4v) is 2.66. The van der Waals surface area contributed by atoms with Crippen molar-refractivity contribution in [3.8, 4) is 5.75 Å². The molecule has 0 fully saturated rings. The minimum absolute atomic E-state index is 0.0327. The summed E-state index contributed by atoms with van der Waals surface area (Å²) in [6.45, 7) is 0. The lowest BCUT2D eigenvalue weighted by atomic mass is 10.1. The number of likely N-dealkylation sites (N-methyl/N-ethyl adjacent to an activating group) is 1. The van der Waals surface area contributed by atoms with Gasteiger partial charge in [0.2, 0.25) is 0 Å². The standard InChI is InChI=1S/C21H19N3O4/c1-22-21(27)18(24-19(25)13-6-4-3-5-7-13)11-15-10-14-8-9-16(28-2)12-17(14)23-20(15)26/h3-12H,1-2H3,(H,22,27)(H,23,26)(H,24,25). The third kappa shape index (κ3) is 4.09. The van der Waals surface area contributed by atoms with E-state index in [9.17, 15) is 14.4 Å². The zero-order chi connectivity index (χ0) is 20.1. The van der Waals surface area contributed by atoms with Gasteiger partial charge < -0.3 is 20.4 Å². The summed E-state index contributed by atoms with van der Waals surface area (Å²) in [6, 6.07) is 15.4. The molecule has 2 aromatic carbocycles. The number of hydrogen-bond acceptors (Lipinski definition) is 4. The van der Waals surface area contributed by atoms with Gasteiger partial charge in [0.1, 0.15) is 11.4 Å². The summed E-state index contributed by atoms with van der Waals surface area (Å²) in [5.74, 6) is -0.344. The molecule has 1 heterocycles.